The average molecular weight is 198 g/mol. The predicted molar refractivity (Wildman–Crippen MR) is 53.1 cm³/mol. The van der Waals surface area contributed by atoms with Crippen molar-refractivity contribution in [1.82, 2.24) is 10.2 Å². The summed E-state index contributed by atoms with van der Waals surface area (Å²) in [6.07, 6.45) is 2.21. The Morgan fingerprint density at radius 2 is 2.50 bits per heavy atom. The maximum absolute atomic E-state index is 10.9. The number of hydrogen-bond donors (Lipinski definition) is 1. The molecule has 2 unspecified atom stereocenters. The van der Waals surface area contributed by atoms with Gasteiger partial charge in [0.1, 0.15) is 6.61 Å². The van der Waals surface area contributed by atoms with E-state index in [4.69, 9.17) is 4.74 Å². The lowest BCUT2D eigenvalue weighted by molar-refractivity contribution is 0.146. The Bertz CT molecular complexity index is 220. The Morgan fingerprint density at radius 3 is 3.14 bits per heavy atom. The number of nitrogens with one attached hydrogen (secondary N) is 1. The van der Waals surface area contributed by atoms with Crippen molar-refractivity contribution in [2.24, 2.45) is 5.92 Å². The Morgan fingerprint density at radius 1 is 1.64 bits per heavy atom. The normalized spacial score (nSPS) is 33.9. The minimum absolute atomic E-state index is 0.247. The number of alkyl carbamates (subject to hydrolysis) is 1. The first kappa shape index (κ1) is 9.77. The van der Waals surface area contributed by atoms with Gasteiger partial charge in [-0.15, -0.1) is 0 Å². The van der Waals surface area contributed by atoms with Crippen LogP contribution < -0.4 is 5.32 Å². The molecule has 1 N–H and O–H groups in total. The van der Waals surface area contributed by atoms with Crippen LogP contribution in [0.4, 0.5) is 4.79 Å². The number of ether oxygens (including phenoxy) is 1. The monoisotopic (exact) mass is 198 g/mol. The molecule has 4 heteroatoms. The van der Waals surface area contributed by atoms with E-state index in [-0.39, 0.29) is 12.1 Å². The molecular formula is C10H18N2O2. The van der Waals surface area contributed by atoms with Gasteiger partial charge in [0.15, 0.2) is 0 Å². The Kier molecular flexibility index (Phi) is 2.91. The standard InChI is InChI=1S/C10H18N2O2/c1-2-12-5-3-4-8(6-12)9-7-14-10(13)11-9/h8-9H,2-7H2,1H3,(H,11,13). The van der Waals surface area contributed by atoms with Crippen molar-refractivity contribution in [3.05, 3.63) is 0 Å². The molecule has 2 aliphatic rings. The lowest BCUT2D eigenvalue weighted by atomic mass is 9.91. The summed E-state index contributed by atoms with van der Waals surface area (Å²) >= 11 is 0. The third-order valence-electron chi connectivity index (χ3n) is 3.26. The summed E-state index contributed by atoms with van der Waals surface area (Å²) in [5.74, 6) is 0.579. The van der Waals surface area contributed by atoms with Crippen LogP contribution in [0, 0.1) is 5.92 Å². The number of cyclic esters (lactones) is 1. The van der Waals surface area contributed by atoms with Crippen molar-refractivity contribution < 1.29 is 9.53 Å². The fourth-order valence-corrected chi connectivity index (χ4v) is 2.36. The van der Waals surface area contributed by atoms with Crippen LogP contribution in [0.5, 0.6) is 0 Å². The van der Waals surface area contributed by atoms with E-state index in [1.54, 1.807) is 0 Å². The molecule has 14 heavy (non-hydrogen) atoms. The molecule has 0 radical (unpaired) electrons. The minimum Gasteiger partial charge on any atom is -0.447 e. The molecule has 0 spiro atoms. The molecule has 2 atom stereocenters. The zero-order valence-electron chi connectivity index (χ0n) is 8.66. The van der Waals surface area contributed by atoms with Gasteiger partial charge in [-0.05, 0) is 31.8 Å². The second-order valence-corrected chi connectivity index (χ2v) is 4.14. The van der Waals surface area contributed by atoms with Gasteiger partial charge in [0.25, 0.3) is 0 Å². The van der Waals surface area contributed by atoms with Crippen molar-refractivity contribution in [2.45, 2.75) is 25.8 Å². The molecule has 2 heterocycles. The van der Waals surface area contributed by atoms with Gasteiger partial charge in [-0.2, -0.15) is 0 Å². The molecule has 80 valence electrons. The zero-order chi connectivity index (χ0) is 9.97. The number of likely N-dealkylation sites (tertiary alicyclic amines) is 1. The Labute approximate surface area is 84.6 Å². The van der Waals surface area contributed by atoms with E-state index in [0.717, 1.165) is 13.1 Å². The quantitative estimate of drug-likeness (QED) is 0.714. The second kappa shape index (κ2) is 4.17. The third-order valence-corrected chi connectivity index (χ3v) is 3.26. The minimum atomic E-state index is -0.247. The molecule has 0 bridgehead atoms. The van der Waals surface area contributed by atoms with E-state index < -0.39 is 0 Å². The number of hydrogen-bond acceptors (Lipinski definition) is 3. The van der Waals surface area contributed by atoms with Crippen molar-refractivity contribution in [2.75, 3.05) is 26.2 Å². The maximum atomic E-state index is 10.9. The van der Waals surface area contributed by atoms with Crippen LogP contribution in [0.1, 0.15) is 19.8 Å². The zero-order valence-corrected chi connectivity index (χ0v) is 8.66. The third kappa shape index (κ3) is 2.00. The first-order valence-corrected chi connectivity index (χ1v) is 5.45. The summed E-state index contributed by atoms with van der Waals surface area (Å²) in [5, 5.41) is 2.88. The Balaban J connectivity index is 1.87. The second-order valence-electron chi connectivity index (χ2n) is 4.14. The molecule has 0 aromatic rings. The number of rotatable bonds is 2. The van der Waals surface area contributed by atoms with Gasteiger partial charge >= 0.3 is 6.09 Å². The number of nitrogens with zero attached hydrogens (tertiary/aromatic N) is 1. The summed E-state index contributed by atoms with van der Waals surface area (Å²) in [6.45, 7) is 6.16. The van der Waals surface area contributed by atoms with Crippen LogP contribution in [0.3, 0.4) is 0 Å². The van der Waals surface area contributed by atoms with Gasteiger partial charge in [0.2, 0.25) is 0 Å². The smallest absolute Gasteiger partial charge is 0.407 e. The van der Waals surface area contributed by atoms with E-state index in [0.29, 0.717) is 12.5 Å². The van der Waals surface area contributed by atoms with E-state index in [1.165, 1.54) is 19.4 Å². The van der Waals surface area contributed by atoms with E-state index >= 15 is 0 Å². The van der Waals surface area contributed by atoms with Crippen LogP contribution in [0.25, 0.3) is 0 Å². The summed E-state index contributed by atoms with van der Waals surface area (Å²) in [5.41, 5.74) is 0. The van der Waals surface area contributed by atoms with Crippen molar-refractivity contribution in [3.63, 3.8) is 0 Å². The number of carbonyl (C=O) groups excluding carboxylic acids is 1. The van der Waals surface area contributed by atoms with Gasteiger partial charge in [-0.3, -0.25) is 0 Å². The molecule has 2 aliphatic heterocycles. The van der Waals surface area contributed by atoms with Crippen molar-refractivity contribution in [3.8, 4) is 0 Å². The summed E-state index contributed by atoms with van der Waals surface area (Å²) in [7, 11) is 0. The number of amides is 1. The van der Waals surface area contributed by atoms with E-state index in [2.05, 4.69) is 17.1 Å². The molecule has 2 rings (SSSR count). The first-order chi connectivity index (χ1) is 6.79. The van der Waals surface area contributed by atoms with Crippen LogP contribution >= 0.6 is 0 Å². The highest BCUT2D eigenvalue weighted by Gasteiger charge is 2.32. The SMILES string of the molecule is CCN1CCCC(C2COC(=O)N2)C1. The number of piperidine rings is 1. The molecule has 2 saturated heterocycles. The lowest BCUT2D eigenvalue weighted by Gasteiger charge is -2.34. The molecule has 0 saturated carbocycles. The molecule has 2 fully saturated rings. The number of carbonyl (C=O) groups is 1. The highest BCUT2D eigenvalue weighted by atomic mass is 16.6. The van der Waals surface area contributed by atoms with Gasteiger partial charge < -0.3 is 15.0 Å². The van der Waals surface area contributed by atoms with Crippen LogP contribution in [-0.4, -0.2) is 43.3 Å². The first-order valence-electron chi connectivity index (χ1n) is 5.45. The van der Waals surface area contributed by atoms with Gasteiger partial charge in [0.05, 0.1) is 6.04 Å². The fourth-order valence-electron chi connectivity index (χ4n) is 2.36. The average Bonchev–Trinajstić information content (AvgIpc) is 2.65. The highest BCUT2D eigenvalue weighted by Crippen LogP contribution is 2.21. The predicted octanol–water partition coefficient (Wildman–Crippen LogP) is 0.827. The van der Waals surface area contributed by atoms with Gasteiger partial charge in [0, 0.05) is 6.54 Å². The van der Waals surface area contributed by atoms with E-state index in [9.17, 15) is 4.79 Å². The largest absolute Gasteiger partial charge is 0.447 e. The highest BCUT2D eigenvalue weighted by molar-refractivity contribution is 5.69. The van der Waals surface area contributed by atoms with Gasteiger partial charge in [-0.1, -0.05) is 6.92 Å². The topological polar surface area (TPSA) is 41.6 Å². The van der Waals surface area contributed by atoms with Crippen LogP contribution in [0.2, 0.25) is 0 Å². The molecule has 0 aliphatic carbocycles. The van der Waals surface area contributed by atoms with Gasteiger partial charge in [-0.25, -0.2) is 4.79 Å². The maximum Gasteiger partial charge on any atom is 0.407 e. The molecule has 4 nitrogen and oxygen atoms in total. The van der Waals surface area contributed by atoms with Crippen LogP contribution in [0.15, 0.2) is 0 Å². The summed E-state index contributed by atoms with van der Waals surface area (Å²) in [4.78, 5) is 13.3. The van der Waals surface area contributed by atoms with E-state index in [1.807, 2.05) is 0 Å². The summed E-state index contributed by atoms with van der Waals surface area (Å²) in [6, 6.07) is 0.247. The fraction of sp³-hybridized carbons (Fsp3) is 0.900. The Hall–Kier alpha value is -0.770. The van der Waals surface area contributed by atoms with Crippen LogP contribution in [-0.2, 0) is 4.74 Å². The molecule has 0 aromatic carbocycles. The summed E-state index contributed by atoms with van der Waals surface area (Å²) < 4.78 is 4.92. The van der Waals surface area contributed by atoms with Crippen molar-refractivity contribution in [1.29, 1.82) is 0 Å². The van der Waals surface area contributed by atoms with Crippen molar-refractivity contribution >= 4 is 6.09 Å². The molecule has 1 amide bonds. The lowest BCUT2D eigenvalue weighted by Crippen LogP contribution is -2.44. The molecule has 0 aromatic heterocycles. The molecular weight excluding hydrogens is 180 g/mol.